The van der Waals surface area contributed by atoms with E-state index in [1.54, 1.807) is 12.1 Å². The van der Waals surface area contributed by atoms with Crippen molar-refractivity contribution < 1.29 is 9.59 Å². The molecule has 0 radical (unpaired) electrons. The molecule has 0 aromatic heterocycles. The molecule has 16 heavy (non-hydrogen) atoms. The van der Waals surface area contributed by atoms with E-state index in [9.17, 15) is 9.59 Å². The van der Waals surface area contributed by atoms with Crippen LogP contribution in [0.4, 0.5) is 0 Å². The van der Waals surface area contributed by atoms with E-state index in [0.29, 0.717) is 11.8 Å². The van der Waals surface area contributed by atoms with Gasteiger partial charge in [-0.05, 0) is 22.4 Å². The van der Waals surface area contributed by atoms with Gasteiger partial charge in [0, 0.05) is 5.56 Å². The number of carbonyl (C=O) groups excluding carboxylic acids is 2. The maximum absolute atomic E-state index is 10.9. The summed E-state index contributed by atoms with van der Waals surface area (Å²) in [4.78, 5) is 21.3. The highest BCUT2D eigenvalue weighted by molar-refractivity contribution is 5.99. The number of fused-ring (bicyclic) bond motifs is 1. The molecule has 0 amide bonds. The summed E-state index contributed by atoms with van der Waals surface area (Å²) in [6.45, 7) is 0. The molecule has 2 aromatic rings. The Kier molecular flexibility index (Phi) is 2.92. The maximum Gasteiger partial charge on any atom is 0.150 e. The SMILES string of the molecule is O=CC=Cc1c(C=O)ccc2ccccc12. The Labute approximate surface area is 93.2 Å². The van der Waals surface area contributed by atoms with E-state index in [2.05, 4.69) is 0 Å². The molecule has 0 saturated heterocycles. The third kappa shape index (κ3) is 1.77. The van der Waals surface area contributed by atoms with E-state index in [1.165, 1.54) is 6.08 Å². The standard InChI is InChI=1S/C14H10O2/c15-9-3-6-14-12(10-16)8-7-11-4-1-2-5-13(11)14/h1-10H. The highest BCUT2D eigenvalue weighted by atomic mass is 16.1. The smallest absolute Gasteiger partial charge is 0.150 e. The van der Waals surface area contributed by atoms with Crippen LogP contribution in [0.5, 0.6) is 0 Å². The molecule has 2 nitrogen and oxygen atoms in total. The number of benzene rings is 2. The maximum atomic E-state index is 10.9. The van der Waals surface area contributed by atoms with E-state index in [0.717, 1.165) is 22.6 Å². The monoisotopic (exact) mass is 210 g/mol. The molecule has 0 N–H and O–H groups in total. The van der Waals surface area contributed by atoms with Crippen LogP contribution in [0.1, 0.15) is 15.9 Å². The van der Waals surface area contributed by atoms with Gasteiger partial charge in [0.15, 0.2) is 6.29 Å². The number of hydrogen-bond acceptors (Lipinski definition) is 2. The molecule has 0 aliphatic carbocycles. The molecule has 0 unspecified atom stereocenters. The topological polar surface area (TPSA) is 34.1 Å². The zero-order valence-corrected chi connectivity index (χ0v) is 8.59. The van der Waals surface area contributed by atoms with Crippen molar-refractivity contribution in [3.63, 3.8) is 0 Å². The van der Waals surface area contributed by atoms with Gasteiger partial charge in [-0.1, -0.05) is 42.5 Å². The van der Waals surface area contributed by atoms with E-state index < -0.39 is 0 Å². The molecule has 0 heterocycles. The lowest BCUT2D eigenvalue weighted by atomic mass is 9.99. The first-order valence-electron chi connectivity index (χ1n) is 4.95. The van der Waals surface area contributed by atoms with Crippen molar-refractivity contribution >= 4 is 29.4 Å². The summed E-state index contributed by atoms with van der Waals surface area (Å²) < 4.78 is 0. The second-order valence-corrected chi connectivity index (χ2v) is 3.40. The fourth-order valence-electron chi connectivity index (χ4n) is 1.74. The van der Waals surface area contributed by atoms with Crippen molar-refractivity contribution in [3.8, 4) is 0 Å². The lowest BCUT2D eigenvalue weighted by molar-refractivity contribution is -0.104. The zero-order valence-electron chi connectivity index (χ0n) is 8.59. The molecule has 0 spiro atoms. The highest BCUT2D eigenvalue weighted by Crippen LogP contribution is 2.22. The number of aldehydes is 2. The van der Waals surface area contributed by atoms with Gasteiger partial charge >= 0.3 is 0 Å². The average Bonchev–Trinajstić information content (AvgIpc) is 2.35. The Morgan fingerprint density at radius 1 is 0.938 bits per heavy atom. The lowest BCUT2D eigenvalue weighted by Gasteiger charge is -2.04. The van der Waals surface area contributed by atoms with Gasteiger partial charge in [-0.15, -0.1) is 0 Å². The second kappa shape index (κ2) is 4.53. The summed E-state index contributed by atoms with van der Waals surface area (Å²) >= 11 is 0. The van der Waals surface area contributed by atoms with Crippen LogP contribution in [0.3, 0.4) is 0 Å². The molecule has 2 aromatic carbocycles. The fraction of sp³-hybridized carbons (Fsp3) is 0. The normalized spacial score (nSPS) is 10.8. The second-order valence-electron chi connectivity index (χ2n) is 3.40. The largest absolute Gasteiger partial charge is 0.299 e. The Bertz CT molecular complexity index is 568. The summed E-state index contributed by atoms with van der Waals surface area (Å²) in [5, 5.41) is 2.03. The minimum Gasteiger partial charge on any atom is -0.299 e. The van der Waals surface area contributed by atoms with Crippen molar-refractivity contribution in [1.29, 1.82) is 0 Å². The Balaban J connectivity index is 2.77. The molecular weight excluding hydrogens is 200 g/mol. The van der Waals surface area contributed by atoms with Crippen molar-refractivity contribution in [1.82, 2.24) is 0 Å². The molecule has 0 atom stereocenters. The van der Waals surface area contributed by atoms with Crippen molar-refractivity contribution in [2.75, 3.05) is 0 Å². The molecular formula is C14H10O2. The Hall–Kier alpha value is -2.22. The van der Waals surface area contributed by atoms with Crippen LogP contribution in [-0.2, 0) is 4.79 Å². The summed E-state index contributed by atoms with van der Waals surface area (Å²) in [6, 6.07) is 11.4. The van der Waals surface area contributed by atoms with Gasteiger partial charge in [0.25, 0.3) is 0 Å². The number of allylic oxidation sites excluding steroid dienone is 1. The summed E-state index contributed by atoms with van der Waals surface area (Å²) in [7, 11) is 0. The molecule has 0 saturated carbocycles. The van der Waals surface area contributed by atoms with Crippen LogP contribution in [0.2, 0.25) is 0 Å². The highest BCUT2D eigenvalue weighted by Gasteiger charge is 2.03. The summed E-state index contributed by atoms with van der Waals surface area (Å²) in [6.07, 6.45) is 4.57. The summed E-state index contributed by atoms with van der Waals surface area (Å²) in [5.41, 5.74) is 1.39. The predicted molar refractivity (Wildman–Crippen MR) is 64.4 cm³/mol. The number of carbonyl (C=O) groups is 2. The van der Waals surface area contributed by atoms with E-state index >= 15 is 0 Å². The van der Waals surface area contributed by atoms with Crippen LogP contribution < -0.4 is 0 Å². The van der Waals surface area contributed by atoms with Crippen molar-refractivity contribution in [2.45, 2.75) is 0 Å². The van der Waals surface area contributed by atoms with Crippen LogP contribution in [0.25, 0.3) is 16.8 Å². The van der Waals surface area contributed by atoms with Gasteiger partial charge in [0.1, 0.15) is 6.29 Å². The first-order chi connectivity index (χ1) is 7.86. The minimum absolute atomic E-state index is 0.594. The quantitative estimate of drug-likeness (QED) is 0.576. The van der Waals surface area contributed by atoms with Gasteiger partial charge in [0.05, 0.1) is 0 Å². The fourth-order valence-corrected chi connectivity index (χ4v) is 1.74. The van der Waals surface area contributed by atoms with Crippen molar-refractivity contribution in [3.05, 3.63) is 53.6 Å². The van der Waals surface area contributed by atoms with E-state index in [1.807, 2.05) is 30.3 Å². The van der Waals surface area contributed by atoms with Gasteiger partial charge in [-0.25, -0.2) is 0 Å². The van der Waals surface area contributed by atoms with Crippen LogP contribution in [0.15, 0.2) is 42.5 Å². The van der Waals surface area contributed by atoms with Crippen molar-refractivity contribution in [2.24, 2.45) is 0 Å². The third-order valence-electron chi connectivity index (χ3n) is 2.47. The molecule has 2 heteroatoms. The minimum atomic E-state index is 0.594. The lowest BCUT2D eigenvalue weighted by Crippen LogP contribution is -1.88. The molecule has 0 aliphatic rings. The first kappa shape index (κ1) is 10.3. The van der Waals surface area contributed by atoms with Gasteiger partial charge in [-0.2, -0.15) is 0 Å². The zero-order chi connectivity index (χ0) is 11.4. The van der Waals surface area contributed by atoms with Gasteiger partial charge < -0.3 is 0 Å². The summed E-state index contributed by atoms with van der Waals surface area (Å²) in [5.74, 6) is 0. The molecule has 0 aliphatic heterocycles. The van der Waals surface area contributed by atoms with Crippen LogP contribution >= 0.6 is 0 Å². The molecule has 0 fully saturated rings. The average molecular weight is 210 g/mol. The molecule has 78 valence electrons. The number of hydrogen-bond donors (Lipinski definition) is 0. The number of rotatable bonds is 3. The van der Waals surface area contributed by atoms with Crippen LogP contribution in [-0.4, -0.2) is 12.6 Å². The van der Waals surface area contributed by atoms with Gasteiger partial charge in [0.2, 0.25) is 0 Å². The Morgan fingerprint density at radius 2 is 1.75 bits per heavy atom. The van der Waals surface area contributed by atoms with E-state index in [4.69, 9.17) is 0 Å². The molecule has 2 rings (SSSR count). The first-order valence-corrected chi connectivity index (χ1v) is 4.95. The van der Waals surface area contributed by atoms with E-state index in [-0.39, 0.29) is 0 Å². The molecule has 0 bridgehead atoms. The predicted octanol–water partition coefficient (Wildman–Crippen LogP) is 2.86. The van der Waals surface area contributed by atoms with Crippen LogP contribution in [0, 0.1) is 0 Å². The Morgan fingerprint density at radius 3 is 2.50 bits per heavy atom. The van der Waals surface area contributed by atoms with Gasteiger partial charge in [-0.3, -0.25) is 9.59 Å². The third-order valence-corrected chi connectivity index (χ3v) is 2.47.